The molecule has 3 aliphatic rings. The minimum Gasteiger partial charge on any atom is -0.391 e. The molecule has 2 heterocycles. The van der Waals surface area contributed by atoms with Crippen molar-refractivity contribution in [1.29, 1.82) is 0 Å². The minimum atomic E-state index is -0.585. The average molecular weight is 400 g/mol. The Morgan fingerprint density at radius 1 is 1.24 bits per heavy atom. The standard InChI is InChI=1S/C23H33N3O3/c1-24(2)20(28)15-25-12-6-11-23(16-25)13-19(27)21(18-7-4-3-5-8-18)26(22(23)29)14-17-9-10-17/h3-5,7-8,17,19,21,27H,6,9-16H2,1-2H3/t19-,21+,23-/m1/s1. The first-order valence-electron chi connectivity index (χ1n) is 10.9. The predicted molar refractivity (Wildman–Crippen MR) is 111 cm³/mol. The summed E-state index contributed by atoms with van der Waals surface area (Å²) in [6.07, 6.45) is 3.89. The van der Waals surface area contributed by atoms with E-state index in [4.69, 9.17) is 0 Å². The van der Waals surface area contributed by atoms with Crippen LogP contribution in [-0.4, -0.2) is 78.0 Å². The predicted octanol–water partition coefficient (Wildman–Crippen LogP) is 1.90. The number of likely N-dealkylation sites (tertiary alicyclic amines) is 2. The Hall–Kier alpha value is -1.92. The van der Waals surface area contributed by atoms with Crippen LogP contribution in [-0.2, 0) is 9.59 Å². The number of likely N-dealkylation sites (N-methyl/N-ethyl adjacent to an activating group) is 1. The number of rotatable bonds is 5. The number of nitrogens with zero attached hydrogens (tertiary/aromatic N) is 3. The molecule has 2 aliphatic heterocycles. The summed E-state index contributed by atoms with van der Waals surface area (Å²) in [5, 5.41) is 11.2. The second kappa shape index (κ2) is 8.07. The van der Waals surface area contributed by atoms with Gasteiger partial charge < -0.3 is 14.9 Å². The Labute approximate surface area is 173 Å². The Kier molecular flexibility index (Phi) is 5.67. The minimum absolute atomic E-state index is 0.0582. The van der Waals surface area contributed by atoms with Crippen LogP contribution in [0, 0.1) is 11.3 Å². The van der Waals surface area contributed by atoms with Crippen molar-refractivity contribution in [2.45, 2.75) is 44.2 Å². The van der Waals surface area contributed by atoms with Crippen LogP contribution in [0.3, 0.4) is 0 Å². The number of hydrogen-bond acceptors (Lipinski definition) is 4. The van der Waals surface area contributed by atoms with E-state index in [1.54, 1.807) is 19.0 Å². The molecule has 1 aromatic carbocycles. The monoisotopic (exact) mass is 399 g/mol. The molecule has 4 rings (SSSR count). The summed E-state index contributed by atoms with van der Waals surface area (Å²) in [6, 6.07) is 9.68. The van der Waals surface area contributed by atoms with Crippen LogP contribution in [0.1, 0.15) is 43.7 Å². The molecule has 1 aliphatic carbocycles. The largest absolute Gasteiger partial charge is 0.391 e. The molecule has 3 fully saturated rings. The lowest BCUT2D eigenvalue weighted by Gasteiger charge is -2.52. The third-order valence-electron chi connectivity index (χ3n) is 6.82. The van der Waals surface area contributed by atoms with Gasteiger partial charge in [0.2, 0.25) is 11.8 Å². The van der Waals surface area contributed by atoms with Gasteiger partial charge in [0.25, 0.3) is 0 Å². The highest BCUT2D eigenvalue weighted by Crippen LogP contribution is 2.47. The zero-order valence-electron chi connectivity index (χ0n) is 17.6. The van der Waals surface area contributed by atoms with Gasteiger partial charge in [-0.2, -0.15) is 0 Å². The van der Waals surface area contributed by atoms with E-state index in [0.717, 1.165) is 44.3 Å². The molecule has 0 bridgehead atoms. The van der Waals surface area contributed by atoms with Crippen molar-refractivity contribution in [3.8, 4) is 0 Å². The lowest BCUT2D eigenvalue weighted by molar-refractivity contribution is -0.166. The van der Waals surface area contributed by atoms with Crippen molar-refractivity contribution in [3.63, 3.8) is 0 Å². The lowest BCUT2D eigenvalue weighted by Crippen LogP contribution is -2.61. The Morgan fingerprint density at radius 3 is 2.62 bits per heavy atom. The van der Waals surface area contributed by atoms with E-state index in [0.29, 0.717) is 25.4 Å². The number of aliphatic hydroxyl groups excluding tert-OH is 1. The van der Waals surface area contributed by atoms with Crippen molar-refractivity contribution in [1.82, 2.24) is 14.7 Å². The first-order valence-corrected chi connectivity index (χ1v) is 10.9. The average Bonchev–Trinajstić information content (AvgIpc) is 3.51. The topological polar surface area (TPSA) is 64.1 Å². The van der Waals surface area contributed by atoms with Crippen LogP contribution in [0.25, 0.3) is 0 Å². The molecule has 0 aromatic heterocycles. The van der Waals surface area contributed by atoms with Crippen LogP contribution >= 0.6 is 0 Å². The van der Waals surface area contributed by atoms with E-state index in [-0.39, 0.29) is 17.9 Å². The van der Waals surface area contributed by atoms with Gasteiger partial charge in [0.15, 0.2) is 0 Å². The molecular weight excluding hydrogens is 366 g/mol. The smallest absolute Gasteiger partial charge is 0.236 e. The molecule has 1 N–H and O–H groups in total. The number of piperidine rings is 2. The van der Waals surface area contributed by atoms with E-state index in [2.05, 4.69) is 4.90 Å². The molecule has 2 amide bonds. The Balaban J connectivity index is 1.59. The van der Waals surface area contributed by atoms with Crippen molar-refractivity contribution in [2.24, 2.45) is 11.3 Å². The summed E-state index contributed by atoms with van der Waals surface area (Å²) < 4.78 is 0. The van der Waals surface area contributed by atoms with Gasteiger partial charge in [-0.15, -0.1) is 0 Å². The fraction of sp³-hybridized carbons (Fsp3) is 0.652. The van der Waals surface area contributed by atoms with E-state index >= 15 is 0 Å². The van der Waals surface area contributed by atoms with Crippen molar-refractivity contribution < 1.29 is 14.7 Å². The van der Waals surface area contributed by atoms with Gasteiger partial charge in [0, 0.05) is 27.2 Å². The molecule has 1 aromatic rings. The van der Waals surface area contributed by atoms with Gasteiger partial charge in [0.05, 0.1) is 24.1 Å². The quantitative estimate of drug-likeness (QED) is 0.821. The van der Waals surface area contributed by atoms with Crippen LogP contribution < -0.4 is 0 Å². The third kappa shape index (κ3) is 4.19. The molecule has 2 saturated heterocycles. The maximum absolute atomic E-state index is 13.9. The maximum atomic E-state index is 13.9. The molecule has 158 valence electrons. The molecule has 3 atom stereocenters. The molecule has 0 unspecified atom stereocenters. The molecule has 29 heavy (non-hydrogen) atoms. The molecule has 0 radical (unpaired) electrons. The first-order chi connectivity index (χ1) is 13.9. The fourth-order valence-electron chi connectivity index (χ4n) is 5.10. The second-order valence-electron chi connectivity index (χ2n) is 9.41. The Morgan fingerprint density at radius 2 is 1.97 bits per heavy atom. The zero-order chi connectivity index (χ0) is 20.6. The van der Waals surface area contributed by atoms with Crippen LogP contribution in [0.15, 0.2) is 30.3 Å². The molecule has 1 spiro atoms. The number of carbonyl (C=O) groups excluding carboxylic acids is 2. The number of aliphatic hydroxyl groups is 1. The Bertz CT molecular complexity index is 749. The van der Waals surface area contributed by atoms with Crippen molar-refractivity contribution in [3.05, 3.63) is 35.9 Å². The van der Waals surface area contributed by atoms with Gasteiger partial charge in [-0.3, -0.25) is 14.5 Å². The third-order valence-corrected chi connectivity index (χ3v) is 6.82. The number of hydrogen-bond donors (Lipinski definition) is 1. The van der Waals surface area contributed by atoms with E-state index in [9.17, 15) is 14.7 Å². The van der Waals surface area contributed by atoms with Gasteiger partial charge >= 0.3 is 0 Å². The van der Waals surface area contributed by atoms with Crippen LogP contribution in [0.2, 0.25) is 0 Å². The van der Waals surface area contributed by atoms with Gasteiger partial charge in [-0.1, -0.05) is 30.3 Å². The van der Waals surface area contributed by atoms with E-state index in [1.165, 1.54) is 0 Å². The highest BCUT2D eigenvalue weighted by molar-refractivity contribution is 5.85. The molecule has 1 saturated carbocycles. The first kappa shape index (κ1) is 20.4. The summed E-state index contributed by atoms with van der Waals surface area (Å²) in [5.41, 5.74) is 0.434. The normalized spacial score (nSPS) is 30.6. The summed E-state index contributed by atoms with van der Waals surface area (Å²) in [7, 11) is 3.53. The van der Waals surface area contributed by atoms with E-state index in [1.807, 2.05) is 35.2 Å². The summed E-state index contributed by atoms with van der Waals surface area (Å²) >= 11 is 0. The van der Waals surface area contributed by atoms with Crippen molar-refractivity contribution in [2.75, 3.05) is 40.3 Å². The fourth-order valence-corrected chi connectivity index (χ4v) is 5.10. The molecule has 6 nitrogen and oxygen atoms in total. The highest BCUT2D eigenvalue weighted by atomic mass is 16.3. The second-order valence-corrected chi connectivity index (χ2v) is 9.41. The van der Waals surface area contributed by atoms with Gasteiger partial charge in [-0.05, 0) is 50.1 Å². The maximum Gasteiger partial charge on any atom is 0.236 e. The van der Waals surface area contributed by atoms with Gasteiger partial charge in [0.1, 0.15) is 0 Å². The zero-order valence-corrected chi connectivity index (χ0v) is 17.6. The molecule has 6 heteroatoms. The van der Waals surface area contributed by atoms with Crippen LogP contribution in [0.5, 0.6) is 0 Å². The summed E-state index contributed by atoms with van der Waals surface area (Å²) in [5.74, 6) is 0.788. The highest BCUT2D eigenvalue weighted by Gasteiger charge is 2.53. The van der Waals surface area contributed by atoms with Gasteiger partial charge in [-0.25, -0.2) is 0 Å². The van der Waals surface area contributed by atoms with E-state index < -0.39 is 11.5 Å². The summed E-state index contributed by atoms with van der Waals surface area (Å²) in [6.45, 7) is 2.46. The summed E-state index contributed by atoms with van der Waals surface area (Å²) in [4.78, 5) is 31.8. The number of carbonyl (C=O) groups is 2. The van der Waals surface area contributed by atoms with Crippen LogP contribution in [0.4, 0.5) is 0 Å². The lowest BCUT2D eigenvalue weighted by atomic mass is 9.69. The number of benzene rings is 1. The van der Waals surface area contributed by atoms with Crippen molar-refractivity contribution >= 4 is 11.8 Å². The number of amides is 2. The molecular formula is C23H33N3O3. The SMILES string of the molecule is CN(C)C(=O)CN1CCC[C@@]2(C[C@@H](O)[C@H](c3ccccc3)N(CC3CC3)C2=O)C1.